The number of hydrogen-bond acceptors (Lipinski definition) is 8. The van der Waals surface area contributed by atoms with Crippen molar-refractivity contribution in [1.29, 1.82) is 0 Å². The lowest BCUT2D eigenvalue weighted by molar-refractivity contribution is -0.385. The van der Waals surface area contributed by atoms with Crippen molar-refractivity contribution in [2.24, 2.45) is 0 Å². The summed E-state index contributed by atoms with van der Waals surface area (Å²) < 4.78 is 11.1. The van der Waals surface area contributed by atoms with Crippen LogP contribution in [0.5, 0.6) is 5.75 Å². The Labute approximate surface area is 229 Å². The SMILES string of the molecule is COc1ccc([C@H]2Sc3ccccc3N(CCN(C)C)C(=O)[C@H]2OC(=O)c2cc(Cl)ccc2[N+](=O)[O-])cc1. The van der Waals surface area contributed by atoms with E-state index in [2.05, 4.69) is 0 Å². The number of likely N-dealkylation sites (N-methyl/N-ethyl adjacent to an activating group) is 1. The first-order valence-corrected chi connectivity index (χ1v) is 13.0. The van der Waals surface area contributed by atoms with Gasteiger partial charge in [0, 0.05) is 29.1 Å². The van der Waals surface area contributed by atoms with E-state index >= 15 is 0 Å². The summed E-state index contributed by atoms with van der Waals surface area (Å²) in [5, 5.41) is 11.1. The Balaban J connectivity index is 1.80. The molecule has 0 aliphatic carbocycles. The summed E-state index contributed by atoms with van der Waals surface area (Å²) in [7, 11) is 5.36. The smallest absolute Gasteiger partial charge is 0.346 e. The van der Waals surface area contributed by atoms with Crippen LogP contribution < -0.4 is 9.64 Å². The number of carbonyl (C=O) groups excluding carboxylic acids is 2. The van der Waals surface area contributed by atoms with E-state index in [1.807, 2.05) is 55.4 Å². The number of ether oxygens (including phenoxy) is 2. The number of nitro groups is 1. The molecule has 1 aliphatic rings. The Kier molecular flexibility index (Phi) is 8.55. The number of nitro benzene ring substituents is 1. The molecule has 0 saturated heterocycles. The number of anilines is 1. The highest BCUT2D eigenvalue weighted by atomic mass is 35.5. The van der Waals surface area contributed by atoms with Gasteiger partial charge in [0.15, 0.2) is 6.10 Å². The van der Waals surface area contributed by atoms with Crippen LogP contribution in [0.4, 0.5) is 11.4 Å². The van der Waals surface area contributed by atoms with Crippen molar-refractivity contribution < 1.29 is 24.0 Å². The van der Waals surface area contributed by atoms with Gasteiger partial charge in [-0.25, -0.2) is 4.79 Å². The number of halogens is 1. The first-order valence-electron chi connectivity index (χ1n) is 11.7. The van der Waals surface area contributed by atoms with Gasteiger partial charge in [0.2, 0.25) is 0 Å². The van der Waals surface area contributed by atoms with Crippen molar-refractivity contribution in [2.75, 3.05) is 39.2 Å². The zero-order valence-corrected chi connectivity index (χ0v) is 22.6. The van der Waals surface area contributed by atoms with Crippen molar-refractivity contribution in [1.82, 2.24) is 4.90 Å². The monoisotopic (exact) mass is 555 g/mol. The molecule has 9 nitrogen and oxygen atoms in total. The van der Waals surface area contributed by atoms with Crippen LogP contribution in [0.25, 0.3) is 0 Å². The Morgan fingerprint density at radius 3 is 2.50 bits per heavy atom. The number of amides is 1. The Morgan fingerprint density at radius 2 is 1.84 bits per heavy atom. The summed E-state index contributed by atoms with van der Waals surface area (Å²) >= 11 is 7.44. The molecule has 3 aromatic carbocycles. The molecule has 2 atom stereocenters. The van der Waals surface area contributed by atoms with Crippen molar-refractivity contribution in [3.63, 3.8) is 0 Å². The minimum Gasteiger partial charge on any atom is -0.497 e. The van der Waals surface area contributed by atoms with Gasteiger partial charge in [-0.05, 0) is 56.1 Å². The molecule has 0 radical (unpaired) electrons. The van der Waals surface area contributed by atoms with Gasteiger partial charge in [0.05, 0.1) is 23.0 Å². The maximum absolute atomic E-state index is 14.1. The average molecular weight is 556 g/mol. The molecule has 0 bridgehead atoms. The van der Waals surface area contributed by atoms with E-state index in [1.165, 1.54) is 23.9 Å². The molecular weight excluding hydrogens is 530 g/mol. The van der Waals surface area contributed by atoms with E-state index in [9.17, 15) is 19.7 Å². The van der Waals surface area contributed by atoms with Crippen LogP contribution in [-0.4, -0.2) is 62.1 Å². The van der Waals surface area contributed by atoms with E-state index in [0.717, 1.165) is 16.5 Å². The highest BCUT2D eigenvalue weighted by molar-refractivity contribution is 7.99. The Hall–Kier alpha value is -3.60. The number of thioether (sulfide) groups is 1. The summed E-state index contributed by atoms with van der Waals surface area (Å²) in [6, 6.07) is 18.3. The fourth-order valence-corrected chi connectivity index (χ4v) is 5.56. The maximum Gasteiger partial charge on any atom is 0.346 e. The van der Waals surface area contributed by atoms with Crippen LogP contribution in [0.3, 0.4) is 0 Å². The number of hydrogen-bond donors (Lipinski definition) is 0. The molecule has 11 heteroatoms. The zero-order valence-electron chi connectivity index (χ0n) is 21.0. The van der Waals surface area contributed by atoms with Gasteiger partial charge in [-0.1, -0.05) is 35.9 Å². The van der Waals surface area contributed by atoms with Gasteiger partial charge < -0.3 is 19.3 Å². The van der Waals surface area contributed by atoms with Crippen LogP contribution in [-0.2, 0) is 9.53 Å². The summed E-state index contributed by atoms with van der Waals surface area (Å²) in [5.41, 5.74) is 0.652. The number of methoxy groups -OCH3 is 1. The number of carbonyl (C=O) groups is 2. The molecule has 0 fully saturated rings. The fraction of sp³-hybridized carbons (Fsp3) is 0.259. The number of benzene rings is 3. The van der Waals surface area contributed by atoms with Crippen LogP contribution >= 0.6 is 23.4 Å². The van der Waals surface area contributed by atoms with Gasteiger partial charge in [0.1, 0.15) is 11.3 Å². The topological polar surface area (TPSA) is 102 Å². The second-order valence-electron chi connectivity index (χ2n) is 8.82. The van der Waals surface area contributed by atoms with Crippen LogP contribution in [0, 0.1) is 10.1 Å². The number of fused-ring (bicyclic) bond motifs is 1. The molecule has 1 heterocycles. The van der Waals surface area contributed by atoms with Gasteiger partial charge >= 0.3 is 5.97 Å². The molecule has 3 aromatic rings. The molecule has 198 valence electrons. The van der Waals surface area contributed by atoms with Gasteiger partial charge in [-0.15, -0.1) is 11.8 Å². The van der Waals surface area contributed by atoms with Crippen molar-refractivity contribution in [3.8, 4) is 5.75 Å². The van der Waals surface area contributed by atoms with Gasteiger partial charge in [0.25, 0.3) is 11.6 Å². The van der Waals surface area contributed by atoms with E-state index in [0.29, 0.717) is 24.5 Å². The molecule has 0 N–H and O–H groups in total. The summed E-state index contributed by atoms with van der Waals surface area (Å²) in [6.07, 6.45) is -1.28. The minimum atomic E-state index is -1.28. The first-order chi connectivity index (χ1) is 18.2. The normalized spacial score (nSPS) is 17.1. The quantitative estimate of drug-likeness (QED) is 0.212. The maximum atomic E-state index is 14.1. The zero-order chi connectivity index (χ0) is 27.4. The molecule has 38 heavy (non-hydrogen) atoms. The largest absolute Gasteiger partial charge is 0.497 e. The fourth-order valence-electron chi connectivity index (χ4n) is 4.07. The predicted molar refractivity (Wildman–Crippen MR) is 146 cm³/mol. The van der Waals surface area contributed by atoms with Crippen LogP contribution in [0.15, 0.2) is 71.6 Å². The number of nitrogens with zero attached hydrogens (tertiary/aromatic N) is 3. The highest BCUT2D eigenvalue weighted by Crippen LogP contribution is 2.47. The van der Waals surface area contributed by atoms with E-state index in [-0.39, 0.29) is 10.6 Å². The lowest BCUT2D eigenvalue weighted by Gasteiger charge is -2.28. The third kappa shape index (κ3) is 5.93. The van der Waals surface area contributed by atoms with E-state index < -0.39 is 33.8 Å². The van der Waals surface area contributed by atoms with Gasteiger partial charge in [-0.2, -0.15) is 0 Å². The first kappa shape index (κ1) is 27.4. The second-order valence-corrected chi connectivity index (χ2v) is 10.4. The predicted octanol–water partition coefficient (Wildman–Crippen LogP) is 5.22. The molecule has 0 unspecified atom stereocenters. The molecule has 0 aromatic heterocycles. The lowest BCUT2D eigenvalue weighted by atomic mass is 10.0. The highest BCUT2D eigenvalue weighted by Gasteiger charge is 2.42. The number of para-hydroxylation sites is 1. The van der Waals surface area contributed by atoms with Gasteiger partial charge in [-0.3, -0.25) is 14.9 Å². The molecular formula is C27H26ClN3O6S. The third-order valence-corrected chi connectivity index (χ3v) is 7.63. The van der Waals surface area contributed by atoms with E-state index in [1.54, 1.807) is 24.1 Å². The standard InChI is InChI=1S/C27H26ClN3O6S/c1-29(2)14-15-30-22-6-4-5-7-23(22)38-25(17-8-11-19(36-3)12-9-17)24(26(30)32)37-27(33)20-16-18(28)10-13-21(20)31(34)35/h4-13,16,24-25H,14-15H2,1-3H3/t24-,25+/m0/s1. The molecule has 1 aliphatic heterocycles. The van der Waals surface area contributed by atoms with Crippen molar-refractivity contribution in [2.45, 2.75) is 16.2 Å². The number of rotatable bonds is 8. The lowest BCUT2D eigenvalue weighted by Crippen LogP contribution is -2.45. The Bertz CT molecular complexity index is 1350. The number of esters is 1. The van der Waals surface area contributed by atoms with Crippen molar-refractivity contribution >= 4 is 46.6 Å². The third-order valence-electron chi connectivity index (χ3n) is 6.02. The summed E-state index contributed by atoms with van der Waals surface area (Å²) in [5.74, 6) is -0.798. The minimum absolute atomic E-state index is 0.135. The van der Waals surface area contributed by atoms with Crippen LogP contribution in [0.1, 0.15) is 21.2 Å². The molecule has 4 rings (SSSR count). The molecule has 0 spiro atoms. The van der Waals surface area contributed by atoms with E-state index in [4.69, 9.17) is 21.1 Å². The van der Waals surface area contributed by atoms with Crippen molar-refractivity contribution in [3.05, 3.63) is 93.0 Å². The average Bonchev–Trinajstić information content (AvgIpc) is 3.01. The Morgan fingerprint density at radius 1 is 1.13 bits per heavy atom. The second kappa shape index (κ2) is 11.8. The van der Waals surface area contributed by atoms with Crippen LogP contribution in [0.2, 0.25) is 5.02 Å². The molecule has 1 amide bonds. The summed E-state index contributed by atoms with van der Waals surface area (Å²) in [4.78, 5) is 42.8. The summed E-state index contributed by atoms with van der Waals surface area (Å²) in [6.45, 7) is 0.919. The molecule has 0 saturated carbocycles.